The number of rotatable bonds is 3. The van der Waals surface area contributed by atoms with Crippen LogP contribution in [0.2, 0.25) is 0 Å². The molecule has 1 aliphatic carbocycles. The van der Waals surface area contributed by atoms with Gasteiger partial charge in [0.25, 0.3) is 0 Å². The molecule has 4 nitrogen and oxygen atoms in total. The van der Waals surface area contributed by atoms with Crippen molar-refractivity contribution >= 4 is 11.6 Å². The summed E-state index contributed by atoms with van der Waals surface area (Å²) in [4.78, 5) is 9.05. The molecule has 1 saturated carbocycles. The van der Waals surface area contributed by atoms with E-state index in [0.717, 1.165) is 29.0 Å². The molecule has 3 atom stereocenters. The van der Waals surface area contributed by atoms with Crippen molar-refractivity contribution in [2.75, 3.05) is 11.1 Å². The van der Waals surface area contributed by atoms with Crippen molar-refractivity contribution in [3.05, 3.63) is 11.4 Å². The number of nitrogens with two attached hydrogens (primary N) is 1. The largest absolute Gasteiger partial charge is 0.383 e. The van der Waals surface area contributed by atoms with Gasteiger partial charge in [0.05, 0.1) is 0 Å². The molecule has 0 aliphatic heterocycles. The van der Waals surface area contributed by atoms with Crippen molar-refractivity contribution in [1.29, 1.82) is 0 Å². The molecule has 0 aromatic carbocycles. The monoisotopic (exact) mass is 276 g/mol. The van der Waals surface area contributed by atoms with Crippen LogP contribution in [0.5, 0.6) is 0 Å². The average Bonchev–Trinajstić information content (AvgIpc) is 2.38. The minimum Gasteiger partial charge on any atom is -0.383 e. The van der Waals surface area contributed by atoms with Crippen molar-refractivity contribution in [3.8, 4) is 0 Å². The molecule has 0 saturated heterocycles. The van der Waals surface area contributed by atoms with Crippen LogP contribution >= 0.6 is 0 Å². The smallest absolute Gasteiger partial charge is 0.135 e. The van der Waals surface area contributed by atoms with Crippen molar-refractivity contribution in [2.24, 2.45) is 11.8 Å². The highest BCUT2D eigenvalue weighted by atomic mass is 15.1. The van der Waals surface area contributed by atoms with Crippen LogP contribution in [0.3, 0.4) is 0 Å². The van der Waals surface area contributed by atoms with E-state index < -0.39 is 0 Å². The third-order valence-electron chi connectivity index (χ3n) is 4.66. The minimum atomic E-state index is 0.295. The van der Waals surface area contributed by atoms with Crippen LogP contribution < -0.4 is 11.1 Å². The van der Waals surface area contributed by atoms with Crippen LogP contribution in [-0.4, -0.2) is 16.0 Å². The van der Waals surface area contributed by atoms with Gasteiger partial charge < -0.3 is 11.1 Å². The SMILES string of the molecule is Cc1c(N)nc(C(C)C)nc1NC1CCC(C)C(C)C1. The highest BCUT2D eigenvalue weighted by molar-refractivity contribution is 5.55. The Kier molecular flexibility index (Phi) is 4.51. The molecule has 0 amide bonds. The van der Waals surface area contributed by atoms with Gasteiger partial charge >= 0.3 is 0 Å². The predicted octanol–water partition coefficient (Wildman–Crippen LogP) is 3.73. The molecular weight excluding hydrogens is 248 g/mol. The molecule has 0 spiro atoms. The summed E-state index contributed by atoms with van der Waals surface area (Å²) in [6.45, 7) is 10.9. The number of aromatic nitrogens is 2. The Morgan fingerprint density at radius 3 is 2.45 bits per heavy atom. The number of nitrogens with zero attached hydrogens (tertiary/aromatic N) is 2. The summed E-state index contributed by atoms with van der Waals surface area (Å²) >= 11 is 0. The van der Waals surface area contributed by atoms with Gasteiger partial charge in [0, 0.05) is 17.5 Å². The Hall–Kier alpha value is -1.32. The van der Waals surface area contributed by atoms with E-state index in [1.54, 1.807) is 0 Å². The second kappa shape index (κ2) is 5.98. The van der Waals surface area contributed by atoms with E-state index in [1.807, 2.05) is 6.92 Å². The van der Waals surface area contributed by atoms with Gasteiger partial charge in [-0.25, -0.2) is 9.97 Å². The van der Waals surface area contributed by atoms with Crippen LogP contribution in [-0.2, 0) is 0 Å². The second-order valence-corrected chi connectivity index (χ2v) is 6.70. The Morgan fingerprint density at radius 2 is 1.85 bits per heavy atom. The van der Waals surface area contributed by atoms with Gasteiger partial charge in [0.2, 0.25) is 0 Å². The van der Waals surface area contributed by atoms with Crippen molar-refractivity contribution in [1.82, 2.24) is 9.97 Å². The summed E-state index contributed by atoms with van der Waals surface area (Å²) in [5.74, 6) is 4.24. The number of nitrogen functional groups attached to an aromatic ring is 1. The fourth-order valence-corrected chi connectivity index (χ4v) is 2.82. The van der Waals surface area contributed by atoms with Gasteiger partial charge in [-0.1, -0.05) is 27.7 Å². The molecule has 4 heteroatoms. The fraction of sp³-hybridized carbons (Fsp3) is 0.750. The highest BCUT2D eigenvalue weighted by Gasteiger charge is 2.25. The Balaban J connectivity index is 2.16. The van der Waals surface area contributed by atoms with Crippen LogP contribution in [0.25, 0.3) is 0 Å². The molecule has 3 unspecified atom stereocenters. The summed E-state index contributed by atoms with van der Waals surface area (Å²) in [5.41, 5.74) is 7.00. The first-order valence-electron chi connectivity index (χ1n) is 7.79. The van der Waals surface area contributed by atoms with E-state index in [0.29, 0.717) is 17.8 Å². The molecule has 1 aromatic heterocycles. The lowest BCUT2D eigenvalue weighted by molar-refractivity contribution is 0.260. The van der Waals surface area contributed by atoms with Gasteiger partial charge in [-0.15, -0.1) is 0 Å². The third kappa shape index (κ3) is 3.22. The number of hydrogen-bond acceptors (Lipinski definition) is 4. The van der Waals surface area contributed by atoms with E-state index in [-0.39, 0.29) is 0 Å². The van der Waals surface area contributed by atoms with Crippen LogP contribution in [0.1, 0.15) is 64.3 Å². The topological polar surface area (TPSA) is 63.8 Å². The fourth-order valence-electron chi connectivity index (χ4n) is 2.82. The van der Waals surface area contributed by atoms with Crippen LogP contribution in [0, 0.1) is 18.8 Å². The maximum absolute atomic E-state index is 6.02. The van der Waals surface area contributed by atoms with Crippen molar-refractivity contribution in [2.45, 2.75) is 65.8 Å². The first-order valence-corrected chi connectivity index (χ1v) is 7.79. The third-order valence-corrected chi connectivity index (χ3v) is 4.66. The van der Waals surface area contributed by atoms with E-state index in [1.165, 1.54) is 19.3 Å². The lowest BCUT2D eigenvalue weighted by Crippen LogP contribution is -2.31. The molecule has 112 valence electrons. The zero-order chi connectivity index (χ0) is 14.9. The summed E-state index contributed by atoms with van der Waals surface area (Å²) in [6.07, 6.45) is 3.71. The average molecular weight is 276 g/mol. The van der Waals surface area contributed by atoms with E-state index in [2.05, 4.69) is 43.0 Å². The van der Waals surface area contributed by atoms with E-state index in [9.17, 15) is 0 Å². The standard InChI is InChI=1S/C16H28N4/c1-9(2)15-19-14(17)12(5)16(20-15)18-13-7-6-10(3)11(4)8-13/h9-11,13H,6-8H2,1-5H3,(H3,17,18,19,20). The van der Waals surface area contributed by atoms with Gasteiger partial charge in [-0.2, -0.15) is 0 Å². The second-order valence-electron chi connectivity index (χ2n) is 6.70. The summed E-state index contributed by atoms with van der Waals surface area (Å²) in [6, 6.07) is 0.509. The molecule has 1 heterocycles. The minimum absolute atomic E-state index is 0.295. The van der Waals surface area contributed by atoms with Gasteiger partial charge in [-0.3, -0.25) is 0 Å². The Bertz CT molecular complexity index is 470. The molecule has 20 heavy (non-hydrogen) atoms. The van der Waals surface area contributed by atoms with Crippen LogP contribution in [0.15, 0.2) is 0 Å². The maximum atomic E-state index is 6.02. The van der Waals surface area contributed by atoms with Gasteiger partial charge in [-0.05, 0) is 38.0 Å². The first-order chi connectivity index (χ1) is 9.38. The number of hydrogen-bond donors (Lipinski definition) is 2. The van der Waals surface area contributed by atoms with Crippen molar-refractivity contribution < 1.29 is 0 Å². The molecule has 1 aliphatic rings. The highest BCUT2D eigenvalue weighted by Crippen LogP contribution is 2.32. The number of anilines is 2. The molecule has 1 fully saturated rings. The van der Waals surface area contributed by atoms with Gasteiger partial charge in [0.1, 0.15) is 17.5 Å². The quantitative estimate of drug-likeness (QED) is 0.883. The van der Waals surface area contributed by atoms with E-state index >= 15 is 0 Å². The van der Waals surface area contributed by atoms with Crippen LogP contribution in [0.4, 0.5) is 11.6 Å². The Labute approximate surface area is 122 Å². The molecule has 3 N–H and O–H groups in total. The molecular formula is C16H28N4. The van der Waals surface area contributed by atoms with Gasteiger partial charge in [0.15, 0.2) is 0 Å². The summed E-state index contributed by atoms with van der Waals surface area (Å²) in [5, 5.41) is 3.61. The molecule has 0 radical (unpaired) electrons. The Morgan fingerprint density at radius 1 is 1.15 bits per heavy atom. The molecule has 2 rings (SSSR count). The van der Waals surface area contributed by atoms with Crippen molar-refractivity contribution in [3.63, 3.8) is 0 Å². The first kappa shape index (κ1) is 15.1. The summed E-state index contributed by atoms with van der Waals surface area (Å²) in [7, 11) is 0. The normalized spacial score (nSPS) is 26.8. The zero-order valence-electron chi connectivity index (χ0n) is 13.4. The number of nitrogens with one attached hydrogen (secondary N) is 1. The lowest BCUT2D eigenvalue weighted by atomic mass is 9.79. The van der Waals surface area contributed by atoms with E-state index in [4.69, 9.17) is 5.73 Å². The lowest BCUT2D eigenvalue weighted by Gasteiger charge is -2.33. The molecule has 1 aromatic rings. The predicted molar refractivity (Wildman–Crippen MR) is 84.9 cm³/mol. The molecule has 0 bridgehead atoms. The summed E-state index contributed by atoms with van der Waals surface area (Å²) < 4.78 is 0. The maximum Gasteiger partial charge on any atom is 0.135 e. The zero-order valence-corrected chi connectivity index (χ0v) is 13.4.